The summed E-state index contributed by atoms with van der Waals surface area (Å²) in [6.07, 6.45) is 6.28. The number of ether oxygens (including phenoxy) is 1. The van der Waals surface area contributed by atoms with Gasteiger partial charge in [-0.3, -0.25) is 0 Å². The first kappa shape index (κ1) is 15.0. The van der Waals surface area contributed by atoms with E-state index in [1.165, 1.54) is 43.2 Å². The molecule has 0 saturated heterocycles. The average Bonchev–Trinajstić information content (AvgIpc) is 2.38. The number of hydrogen-bond acceptors (Lipinski definition) is 2. The van der Waals surface area contributed by atoms with Crippen molar-refractivity contribution in [2.24, 2.45) is 0 Å². The normalized spacial score (nSPS) is 10.6. The van der Waals surface area contributed by atoms with Crippen molar-refractivity contribution < 1.29 is 4.74 Å². The molecule has 0 aliphatic carbocycles. The van der Waals surface area contributed by atoms with Crippen molar-refractivity contribution in [3.8, 4) is 5.75 Å². The van der Waals surface area contributed by atoms with Crippen LogP contribution >= 0.6 is 0 Å². The maximum absolute atomic E-state index is 5.27. The van der Waals surface area contributed by atoms with Gasteiger partial charge in [-0.15, -0.1) is 0 Å². The van der Waals surface area contributed by atoms with Crippen LogP contribution in [0.4, 0.5) is 0 Å². The molecule has 0 heterocycles. The van der Waals surface area contributed by atoms with Gasteiger partial charge in [-0.2, -0.15) is 0 Å². The van der Waals surface area contributed by atoms with E-state index in [4.69, 9.17) is 4.74 Å². The number of methoxy groups -OCH3 is 1. The third-order valence-electron chi connectivity index (χ3n) is 3.21. The number of nitrogens with one attached hydrogen (secondary N) is 1. The van der Waals surface area contributed by atoms with Crippen molar-refractivity contribution in [2.45, 2.75) is 46.0 Å². The van der Waals surface area contributed by atoms with Crippen LogP contribution in [0.3, 0.4) is 0 Å². The lowest BCUT2D eigenvalue weighted by atomic mass is 10.0. The average molecular weight is 249 g/mol. The second kappa shape index (κ2) is 8.98. The topological polar surface area (TPSA) is 21.3 Å². The first-order valence-corrected chi connectivity index (χ1v) is 7.12. The zero-order valence-corrected chi connectivity index (χ0v) is 12.1. The first-order valence-electron chi connectivity index (χ1n) is 7.12. The summed E-state index contributed by atoms with van der Waals surface area (Å²) in [5.41, 5.74) is 2.66. The van der Waals surface area contributed by atoms with Gasteiger partial charge in [0, 0.05) is 0 Å². The van der Waals surface area contributed by atoms with Crippen LogP contribution in [-0.2, 0) is 6.42 Å². The largest absolute Gasteiger partial charge is 0.496 e. The van der Waals surface area contributed by atoms with Crippen molar-refractivity contribution in [1.29, 1.82) is 0 Å². The molecule has 1 N–H and O–H groups in total. The highest BCUT2D eigenvalue weighted by atomic mass is 16.5. The molecule has 0 aliphatic rings. The SMILES string of the molecule is CCCNCCCCCc1ccc(OC)c(C)c1. The Morgan fingerprint density at radius 2 is 1.94 bits per heavy atom. The number of benzene rings is 1. The molecule has 0 radical (unpaired) electrons. The van der Waals surface area contributed by atoms with Gasteiger partial charge in [0.25, 0.3) is 0 Å². The highest BCUT2D eigenvalue weighted by molar-refractivity contribution is 5.36. The molecule has 0 bridgehead atoms. The van der Waals surface area contributed by atoms with Gasteiger partial charge in [0.15, 0.2) is 0 Å². The Kier molecular flexibility index (Phi) is 7.51. The number of aryl methyl sites for hydroxylation is 2. The minimum Gasteiger partial charge on any atom is -0.496 e. The van der Waals surface area contributed by atoms with Crippen LogP contribution in [0.2, 0.25) is 0 Å². The van der Waals surface area contributed by atoms with Crippen LogP contribution in [0, 0.1) is 6.92 Å². The van der Waals surface area contributed by atoms with Crippen molar-refractivity contribution in [3.63, 3.8) is 0 Å². The summed E-state index contributed by atoms with van der Waals surface area (Å²) in [4.78, 5) is 0. The number of unbranched alkanes of at least 4 members (excludes halogenated alkanes) is 2. The van der Waals surface area contributed by atoms with E-state index in [0.717, 1.165) is 18.8 Å². The quantitative estimate of drug-likeness (QED) is 0.674. The van der Waals surface area contributed by atoms with E-state index < -0.39 is 0 Å². The third kappa shape index (κ3) is 5.54. The molecule has 0 spiro atoms. The Labute approximate surface area is 112 Å². The summed E-state index contributed by atoms with van der Waals surface area (Å²) >= 11 is 0. The zero-order valence-electron chi connectivity index (χ0n) is 12.1. The highest BCUT2D eigenvalue weighted by Gasteiger charge is 1.99. The second-order valence-corrected chi connectivity index (χ2v) is 4.86. The maximum Gasteiger partial charge on any atom is 0.121 e. The molecule has 102 valence electrons. The fraction of sp³-hybridized carbons (Fsp3) is 0.625. The summed E-state index contributed by atoms with van der Waals surface area (Å²) < 4.78 is 5.27. The van der Waals surface area contributed by atoms with E-state index in [1.54, 1.807) is 7.11 Å². The molecule has 0 atom stereocenters. The van der Waals surface area contributed by atoms with Gasteiger partial charge in [0.1, 0.15) is 5.75 Å². The molecule has 0 aromatic heterocycles. The lowest BCUT2D eigenvalue weighted by molar-refractivity contribution is 0.411. The van der Waals surface area contributed by atoms with Gasteiger partial charge in [-0.1, -0.05) is 25.5 Å². The van der Waals surface area contributed by atoms with Crippen LogP contribution < -0.4 is 10.1 Å². The second-order valence-electron chi connectivity index (χ2n) is 4.86. The molecule has 2 nitrogen and oxygen atoms in total. The van der Waals surface area contributed by atoms with Gasteiger partial charge in [0.05, 0.1) is 7.11 Å². The van der Waals surface area contributed by atoms with Crippen LogP contribution in [-0.4, -0.2) is 20.2 Å². The minimum atomic E-state index is 0.988. The van der Waals surface area contributed by atoms with Crippen molar-refractivity contribution >= 4 is 0 Å². The van der Waals surface area contributed by atoms with E-state index in [2.05, 4.69) is 37.4 Å². The summed E-state index contributed by atoms with van der Waals surface area (Å²) in [5, 5.41) is 3.44. The van der Waals surface area contributed by atoms with E-state index in [1.807, 2.05) is 0 Å². The van der Waals surface area contributed by atoms with Crippen LogP contribution in [0.25, 0.3) is 0 Å². The molecule has 0 amide bonds. The molecule has 0 unspecified atom stereocenters. The standard InChI is InChI=1S/C16H27NO/c1-4-11-17-12-7-5-6-8-15-9-10-16(18-3)14(2)13-15/h9-10,13,17H,4-8,11-12H2,1-3H3. The Bertz CT molecular complexity index is 336. The Morgan fingerprint density at radius 3 is 2.61 bits per heavy atom. The number of hydrogen-bond donors (Lipinski definition) is 1. The Balaban J connectivity index is 2.17. The zero-order chi connectivity index (χ0) is 13.2. The Morgan fingerprint density at radius 1 is 1.11 bits per heavy atom. The monoisotopic (exact) mass is 249 g/mol. The molecule has 1 rings (SSSR count). The molecule has 0 aliphatic heterocycles. The van der Waals surface area contributed by atoms with E-state index in [0.29, 0.717) is 0 Å². The fourth-order valence-corrected chi connectivity index (χ4v) is 2.15. The van der Waals surface area contributed by atoms with Gasteiger partial charge in [-0.05, 0) is 62.9 Å². The van der Waals surface area contributed by atoms with Crippen molar-refractivity contribution in [3.05, 3.63) is 29.3 Å². The van der Waals surface area contributed by atoms with Crippen LogP contribution in [0.5, 0.6) is 5.75 Å². The van der Waals surface area contributed by atoms with Crippen molar-refractivity contribution in [2.75, 3.05) is 20.2 Å². The fourth-order valence-electron chi connectivity index (χ4n) is 2.15. The lowest BCUT2D eigenvalue weighted by Crippen LogP contribution is -2.15. The van der Waals surface area contributed by atoms with E-state index in [9.17, 15) is 0 Å². The highest BCUT2D eigenvalue weighted by Crippen LogP contribution is 2.19. The maximum atomic E-state index is 5.27. The minimum absolute atomic E-state index is 0.988. The Hall–Kier alpha value is -1.02. The number of rotatable bonds is 9. The van der Waals surface area contributed by atoms with E-state index >= 15 is 0 Å². The van der Waals surface area contributed by atoms with Crippen LogP contribution in [0.15, 0.2) is 18.2 Å². The van der Waals surface area contributed by atoms with E-state index in [-0.39, 0.29) is 0 Å². The summed E-state index contributed by atoms with van der Waals surface area (Å²) in [6, 6.07) is 6.50. The van der Waals surface area contributed by atoms with Crippen molar-refractivity contribution in [1.82, 2.24) is 5.32 Å². The lowest BCUT2D eigenvalue weighted by Gasteiger charge is -2.07. The first-order chi connectivity index (χ1) is 8.77. The van der Waals surface area contributed by atoms with Gasteiger partial charge >= 0.3 is 0 Å². The predicted molar refractivity (Wildman–Crippen MR) is 78.4 cm³/mol. The molecule has 2 heteroatoms. The van der Waals surface area contributed by atoms with Gasteiger partial charge in [0.2, 0.25) is 0 Å². The van der Waals surface area contributed by atoms with Crippen LogP contribution in [0.1, 0.15) is 43.7 Å². The predicted octanol–water partition coefficient (Wildman–Crippen LogP) is 3.72. The summed E-state index contributed by atoms with van der Waals surface area (Å²) in [7, 11) is 1.73. The smallest absolute Gasteiger partial charge is 0.121 e. The summed E-state index contributed by atoms with van der Waals surface area (Å²) in [6.45, 7) is 6.63. The molecule has 1 aromatic rings. The molecule has 18 heavy (non-hydrogen) atoms. The molecular formula is C16H27NO. The molecule has 1 aromatic carbocycles. The molecule has 0 saturated carbocycles. The van der Waals surface area contributed by atoms with Gasteiger partial charge in [-0.25, -0.2) is 0 Å². The molecule has 0 fully saturated rings. The molecular weight excluding hydrogens is 222 g/mol. The summed E-state index contributed by atoms with van der Waals surface area (Å²) in [5.74, 6) is 0.988. The third-order valence-corrected chi connectivity index (χ3v) is 3.21. The van der Waals surface area contributed by atoms with Gasteiger partial charge < -0.3 is 10.1 Å².